The van der Waals surface area contributed by atoms with Gasteiger partial charge in [0.15, 0.2) is 13.2 Å². The third-order valence-corrected chi connectivity index (χ3v) is 3.48. The van der Waals surface area contributed by atoms with E-state index in [1.165, 1.54) is 0 Å². The lowest BCUT2D eigenvalue weighted by Gasteiger charge is -2.35. The van der Waals surface area contributed by atoms with Gasteiger partial charge in [-0.1, -0.05) is 12.1 Å². The Labute approximate surface area is 136 Å². The minimum absolute atomic E-state index is 0.0111. The van der Waals surface area contributed by atoms with Crippen molar-refractivity contribution < 1.29 is 23.8 Å². The average molecular weight is 321 g/mol. The number of aryl methyl sites for hydroxylation is 1. The summed E-state index contributed by atoms with van der Waals surface area (Å²) >= 11 is 0. The topological polar surface area (TPSA) is 65.1 Å². The van der Waals surface area contributed by atoms with Gasteiger partial charge >= 0.3 is 5.97 Å². The smallest absolute Gasteiger partial charge is 0.344 e. The van der Waals surface area contributed by atoms with E-state index in [0.717, 1.165) is 5.56 Å². The molecule has 1 heterocycles. The highest BCUT2D eigenvalue weighted by Gasteiger charge is 2.26. The summed E-state index contributed by atoms with van der Waals surface area (Å²) in [5.74, 6) is -0.172. The van der Waals surface area contributed by atoms with Gasteiger partial charge in [-0.3, -0.25) is 4.79 Å². The number of rotatable bonds is 5. The molecule has 0 saturated carbocycles. The SMILES string of the molecule is Cc1cccc(OCC(=O)OCC(=O)N2C[C@@H](C)O[C@@H](C)C2)c1. The zero-order valence-electron chi connectivity index (χ0n) is 13.8. The van der Waals surface area contributed by atoms with Crippen LogP contribution in [-0.2, 0) is 19.1 Å². The zero-order valence-corrected chi connectivity index (χ0v) is 13.8. The maximum absolute atomic E-state index is 12.1. The normalized spacial score (nSPS) is 20.9. The van der Waals surface area contributed by atoms with E-state index in [9.17, 15) is 9.59 Å². The van der Waals surface area contributed by atoms with Gasteiger partial charge < -0.3 is 19.1 Å². The molecule has 1 aliphatic heterocycles. The maximum Gasteiger partial charge on any atom is 0.344 e. The highest BCUT2D eigenvalue weighted by molar-refractivity contribution is 5.81. The quantitative estimate of drug-likeness (QED) is 0.770. The molecule has 0 aliphatic carbocycles. The Hall–Kier alpha value is -2.08. The lowest BCUT2D eigenvalue weighted by Crippen LogP contribution is -2.49. The lowest BCUT2D eigenvalue weighted by atomic mass is 10.2. The summed E-state index contributed by atoms with van der Waals surface area (Å²) in [5, 5.41) is 0. The third-order valence-electron chi connectivity index (χ3n) is 3.48. The molecular weight excluding hydrogens is 298 g/mol. The second-order valence-electron chi connectivity index (χ2n) is 5.82. The molecule has 1 amide bonds. The summed E-state index contributed by atoms with van der Waals surface area (Å²) in [6.07, 6.45) is -0.0221. The maximum atomic E-state index is 12.1. The first-order valence-electron chi connectivity index (χ1n) is 7.72. The van der Waals surface area contributed by atoms with Crippen LogP contribution in [0.2, 0.25) is 0 Å². The van der Waals surface area contributed by atoms with Crippen molar-refractivity contribution in [3.05, 3.63) is 29.8 Å². The monoisotopic (exact) mass is 321 g/mol. The molecule has 1 aromatic rings. The van der Waals surface area contributed by atoms with Gasteiger partial charge in [0.2, 0.25) is 0 Å². The zero-order chi connectivity index (χ0) is 16.8. The minimum atomic E-state index is -0.561. The predicted octanol–water partition coefficient (Wildman–Crippen LogP) is 1.55. The molecule has 0 aromatic heterocycles. The number of hydrogen-bond donors (Lipinski definition) is 0. The standard InChI is InChI=1S/C17H23NO5/c1-12-5-4-6-15(7-12)21-11-17(20)22-10-16(19)18-8-13(2)23-14(3)9-18/h4-7,13-14H,8-11H2,1-3H3/t13-,14+. The Morgan fingerprint density at radius 3 is 2.57 bits per heavy atom. The van der Waals surface area contributed by atoms with Crippen LogP contribution in [0.5, 0.6) is 5.75 Å². The second-order valence-corrected chi connectivity index (χ2v) is 5.82. The van der Waals surface area contributed by atoms with Crippen LogP contribution in [0.25, 0.3) is 0 Å². The Kier molecular flexibility index (Phi) is 5.98. The molecule has 0 spiro atoms. The van der Waals surface area contributed by atoms with Gasteiger partial charge in [0.05, 0.1) is 12.2 Å². The molecule has 0 bridgehead atoms. The number of nitrogens with zero attached hydrogens (tertiary/aromatic N) is 1. The van der Waals surface area contributed by atoms with Crippen molar-refractivity contribution >= 4 is 11.9 Å². The first kappa shape index (κ1) is 17.3. The van der Waals surface area contributed by atoms with Crippen LogP contribution in [-0.4, -0.2) is 55.3 Å². The third kappa shape index (κ3) is 5.56. The predicted molar refractivity (Wildman–Crippen MR) is 84.2 cm³/mol. The van der Waals surface area contributed by atoms with Crippen LogP contribution in [0.1, 0.15) is 19.4 Å². The van der Waals surface area contributed by atoms with Crippen LogP contribution in [0, 0.1) is 6.92 Å². The van der Waals surface area contributed by atoms with E-state index in [2.05, 4.69) is 0 Å². The van der Waals surface area contributed by atoms with Crippen molar-refractivity contribution in [3.63, 3.8) is 0 Å². The summed E-state index contributed by atoms with van der Waals surface area (Å²) in [6.45, 7) is 6.31. The van der Waals surface area contributed by atoms with Crippen LogP contribution in [0.3, 0.4) is 0 Å². The van der Waals surface area contributed by atoms with Crippen molar-refractivity contribution in [2.75, 3.05) is 26.3 Å². The van der Waals surface area contributed by atoms with E-state index in [4.69, 9.17) is 14.2 Å². The summed E-state index contributed by atoms with van der Waals surface area (Å²) in [7, 11) is 0. The van der Waals surface area contributed by atoms with Gasteiger partial charge in [-0.15, -0.1) is 0 Å². The van der Waals surface area contributed by atoms with Crippen molar-refractivity contribution in [2.24, 2.45) is 0 Å². The minimum Gasteiger partial charge on any atom is -0.482 e. The van der Waals surface area contributed by atoms with E-state index < -0.39 is 5.97 Å². The van der Waals surface area contributed by atoms with Crippen molar-refractivity contribution in [1.82, 2.24) is 4.90 Å². The van der Waals surface area contributed by atoms with Crippen molar-refractivity contribution in [1.29, 1.82) is 0 Å². The molecule has 1 saturated heterocycles. The van der Waals surface area contributed by atoms with Crippen molar-refractivity contribution in [3.8, 4) is 5.75 Å². The van der Waals surface area contributed by atoms with Crippen LogP contribution >= 0.6 is 0 Å². The highest BCUT2D eigenvalue weighted by atomic mass is 16.6. The molecule has 2 atom stereocenters. The van der Waals surface area contributed by atoms with E-state index >= 15 is 0 Å². The van der Waals surface area contributed by atoms with Gasteiger partial charge in [-0.25, -0.2) is 4.79 Å². The van der Waals surface area contributed by atoms with E-state index in [1.807, 2.05) is 39.0 Å². The second kappa shape index (κ2) is 7.97. The molecular formula is C17H23NO5. The Balaban J connectivity index is 1.72. The van der Waals surface area contributed by atoms with Crippen LogP contribution in [0.15, 0.2) is 24.3 Å². The van der Waals surface area contributed by atoms with Gasteiger partial charge in [0.1, 0.15) is 5.75 Å². The molecule has 126 valence electrons. The average Bonchev–Trinajstić information content (AvgIpc) is 2.49. The molecule has 0 N–H and O–H groups in total. The van der Waals surface area contributed by atoms with Gasteiger partial charge in [0, 0.05) is 13.1 Å². The molecule has 0 unspecified atom stereocenters. The molecule has 1 fully saturated rings. The van der Waals surface area contributed by atoms with Crippen LogP contribution in [0.4, 0.5) is 0 Å². The number of ether oxygens (including phenoxy) is 3. The molecule has 0 radical (unpaired) electrons. The van der Waals surface area contributed by atoms with E-state index in [-0.39, 0.29) is 31.3 Å². The molecule has 6 nitrogen and oxygen atoms in total. The number of hydrogen-bond acceptors (Lipinski definition) is 5. The Morgan fingerprint density at radius 2 is 1.91 bits per heavy atom. The van der Waals surface area contributed by atoms with Gasteiger partial charge in [-0.2, -0.15) is 0 Å². The number of amides is 1. The largest absolute Gasteiger partial charge is 0.482 e. The fourth-order valence-electron chi connectivity index (χ4n) is 2.50. The lowest BCUT2D eigenvalue weighted by molar-refractivity contribution is -0.158. The van der Waals surface area contributed by atoms with Crippen molar-refractivity contribution in [2.45, 2.75) is 33.0 Å². The Bertz CT molecular complexity index is 550. The number of carbonyl (C=O) groups excluding carboxylic acids is 2. The van der Waals surface area contributed by atoms with E-state index in [0.29, 0.717) is 18.8 Å². The number of benzene rings is 1. The van der Waals surface area contributed by atoms with Crippen LogP contribution < -0.4 is 4.74 Å². The van der Waals surface area contributed by atoms with Gasteiger partial charge in [0.25, 0.3) is 5.91 Å². The summed E-state index contributed by atoms with van der Waals surface area (Å²) in [5.41, 5.74) is 1.04. The summed E-state index contributed by atoms with van der Waals surface area (Å²) < 4.78 is 15.9. The molecule has 1 aromatic carbocycles. The fourth-order valence-corrected chi connectivity index (χ4v) is 2.50. The first-order chi connectivity index (χ1) is 10.9. The fraction of sp³-hybridized carbons (Fsp3) is 0.529. The van der Waals surface area contributed by atoms with Gasteiger partial charge in [-0.05, 0) is 38.5 Å². The molecule has 6 heteroatoms. The Morgan fingerprint density at radius 1 is 1.22 bits per heavy atom. The summed E-state index contributed by atoms with van der Waals surface area (Å²) in [4.78, 5) is 25.4. The molecule has 23 heavy (non-hydrogen) atoms. The number of morpholine rings is 1. The molecule has 2 rings (SSSR count). The summed E-state index contributed by atoms with van der Waals surface area (Å²) in [6, 6.07) is 7.38. The number of esters is 1. The van der Waals surface area contributed by atoms with E-state index in [1.54, 1.807) is 11.0 Å². The number of carbonyl (C=O) groups is 2. The highest BCUT2D eigenvalue weighted by Crippen LogP contribution is 2.12. The molecule has 1 aliphatic rings. The first-order valence-corrected chi connectivity index (χ1v) is 7.72.